The van der Waals surface area contributed by atoms with Crippen LogP contribution in [0.1, 0.15) is 22.6 Å². The normalized spacial score (nSPS) is 10.4. The number of hydrogen-bond donors (Lipinski definition) is 2. The van der Waals surface area contributed by atoms with Crippen LogP contribution in [0.2, 0.25) is 0 Å². The summed E-state index contributed by atoms with van der Waals surface area (Å²) >= 11 is 4.77. The maximum Gasteiger partial charge on any atom is 0.115 e. The van der Waals surface area contributed by atoms with Crippen molar-refractivity contribution in [3.05, 3.63) is 89.5 Å². The van der Waals surface area contributed by atoms with Crippen LogP contribution in [0.5, 0.6) is 11.5 Å². The molecule has 3 aromatic carbocycles. The van der Waals surface area contributed by atoms with Gasteiger partial charge in [0, 0.05) is 5.92 Å². The second-order valence-electron chi connectivity index (χ2n) is 5.38. The number of phenols is 2. The van der Waals surface area contributed by atoms with Crippen LogP contribution in [0.3, 0.4) is 0 Å². The molecule has 0 unspecified atom stereocenters. The van der Waals surface area contributed by atoms with Gasteiger partial charge in [0.1, 0.15) is 11.5 Å². The number of isothiocyanates is 1. The Kier molecular flexibility index (Phi) is 4.71. The van der Waals surface area contributed by atoms with Crippen LogP contribution >= 0.6 is 12.2 Å². The minimum atomic E-state index is -0.102. The lowest BCUT2D eigenvalue weighted by molar-refractivity contribution is 0.475. The van der Waals surface area contributed by atoms with Gasteiger partial charge in [-0.1, -0.05) is 42.5 Å². The number of aliphatic imine (C=N–C) groups is 1. The highest BCUT2D eigenvalue weighted by Gasteiger charge is 2.19. The van der Waals surface area contributed by atoms with Crippen molar-refractivity contribution in [3.8, 4) is 11.5 Å². The van der Waals surface area contributed by atoms with E-state index in [0.29, 0.717) is 0 Å². The maximum absolute atomic E-state index is 9.58. The fourth-order valence-electron chi connectivity index (χ4n) is 2.77. The van der Waals surface area contributed by atoms with Gasteiger partial charge in [-0.25, -0.2) is 0 Å². The minimum absolute atomic E-state index is 0.102. The van der Waals surface area contributed by atoms with Crippen LogP contribution in [0, 0.1) is 0 Å². The Balaban J connectivity index is 2.20. The van der Waals surface area contributed by atoms with Gasteiger partial charge in [0.15, 0.2) is 0 Å². The number of para-hydroxylation sites is 1. The summed E-state index contributed by atoms with van der Waals surface area (Å²) in [4.78, 5) is 4.18. The molecule has 0 aliphatic heterocycles. The fourth-order valence-corrected chi connectivity index (χ4v) is 2.87. The van der Waals surface area contributed by atoms with E-state index in [4.69, 9.17) is 12.2 Å². The molecule has 118 valence electrons. The van der Waals surface area contributed by atoms with E-state index in [0.717, 1.165) is 22.4 Å². The lowest BCUT2D eigenvalue weighted by atomic mass is 9.84. The lowest BCUT2D eigenvalue weighted by Crippen LogP contribution is -2.03. The molecule has 3 nitrogen and oxygen atoms in total. The smallest absolute Gasteiger partial charge is 0.115 e. The van der Waals surface area contributed by atoms with Gasteiger partial charge in [0.05, 0.1) is 10.8 Å². The SMILES string of the molecule is Oc1ccc(C(c2ccc(O)cc2)c2ccccc2N=C=S)cc1. The van der Waals surface area contributed by atoms with Gasteiger partial charge >= 0.3 is 0 Å². The van der Waals surface area contributed by atoms with Crippen LogP contribution in [-0.2, 0) is 0 Å². The summed E-state index contributed by atoms with van der Waals surface area (Å²) in [5.74, 6) is 0.330. The molecule has 0 atom stereocenters. The summed E-state index contributed by atoms with van der Waals surface area (Å²) in [5.41, 5.74) is 3.74. The third-order valence-electron chi connectivity index (χ3n) is 3.87. The number of hydrogen-bond acceptors (Lipinski definition) is 4. The Morgan fingerprint density at radius 1 is 0.750 bits per heavy atom. The molecule has 2 N–H and O–H groups in total. The predicted octanol–water partition coefficient (Wildman–Crippen LogP) is 5.01. The number of nitrogens with zero attached hydrogens (tertiary/aromatic N) is 1. The zero-order valence-electron chi connectivity index (χ0n) is 12.8. The van der Waals surface area contributed by atoms with Crippen LogP contribution in [0.15, 0.2) is 77.8 Å². The van der Waals surface area contributed by atoms with Gasteiger partial charge in [0.2, 0.25) is 0 Å². The second kappa shape index (κ2) is 7.09. The monoisotopic (exact) mass is 333 g/mol. The Hall–Kier alpha value is -2.94. The molecule has 0 bridgehead atoms. The van der Waals surface area contributed by atoms with E-state index in [2.05, 4.69) is 10.2 Å². The standard InChI is InChI=1S/C20H15NO2S/c22-16-9-5-14(6-10-16)20(15-7-11-17(23)12-8-15)18-3-1-2-4-19(18)21-13-24/h1-12,20,22-23H. The summed E-state index contributed by atoms with van der Waals surface area (Å²) in [5, 5.41) is 21.6. The van der Waals surface area contributed by atoms with Crippen molar-refractivity contribution in [2.24, 2.45) is 4.99 Å². The molecular formula is C20H15NO2S. The maximum atomic E-state index is 9.58. The van der Waals surface area contributed by atoms with Gasteiger partial charge in [0.25, 0.3) is 0 Å². The van der Waals surface area contributed by atoms with E-state index in [1.807, 2.05) is 48.5 Å². The van der Waals surface area contributed by atoms with E-state index in [1.54, 1.807) is 24.3 Å². The van der Waals surface area contributed by atoms with E-state index in [9.17, 15) is 10.2 Å². The quantitative estimate of drug-likeness (QED) is 0.401. The number of aromatic hydroxyl groups is 2. The third kappa shape index (κ3) is 3.35. The summed E-state index contributed by atoms with van der Waals surface area (Å²) in [6.45, 7) is 0. The van der Waals surface area contributed by atoms with Crippen molar-refractivity contribution in [1.29, 1.82) is 0 Å². The van der Waals surface area contributed by atoms with E-state index < -0.39 is 0 Å². The first kappa shape index (κ1) is 15.9. The fraction of sp³-hybridized carbons (Fsp3) is 0.0500. The summed E-state index contributed by atoms with van der Waals surface area (Å²) in [7, 11) is 0. The van der Waals surface area contributed by atoms with Crippen LogP contribution < -0.4 is 0 Å². The first-order chi connectivity index (χ1) is 11.7. The van der Waals surface area contributed by atoms with Crippen molar-refractivity contribution < 1.29 is 10.2 Å². The minimum Gasteiger partial charge on any atom is -0.508 e. The molecular weight excluding hydrogens is 318 g/mol. The number of rotatable bonds is 4. The van der Waals surface area contributed by atoms with E-state index >= 15 is 0 Å². The molecule has 3 aromatic rings. The van der Waals surface area contributed by atoms with Gasteiger partial charge in [-0.2, -0.15) is 4.99 Å². The molecule has 3 rings (SSSR count). The van der Waals surface area contributed by atoms with Gasteiger partial charge in [-0.3, -0.25) is 0 Å². The Bertz CT molecular complexity index is 837. The van der Waals surface area contributed by atoms with E-state index in [1.165, 1.54) is 0 Å². The first-order valence-electron chi connectivity index (χ1n) is 7.43. The Labute approximate surface area is 145 Å². The molecule has 0 spiro atoms. The molecule has 0 radical (unpaired) electrons. The number of thiocarbonyl (C=S) groups is 1. The molecule has 4 heteroatoms. The molecule has 0 heterocycles. The van der Waals surface area contributed by atoms with Crippen LogP contribution in [0.25, 0.3) is 0 Å². The van der Waals surface area contributed by atoms with Crippen molar-refractivity contribution in [1.82, 2.24) is 0 Å². The van der Waals surface area contributed by atoms with Gasteiger partial charge in [-0.05, 0) is 59.2 Å². The Morgan fingerprint density at radius 3 is 1.75 bits per heavy atom. The molecule has 0 fully saturated rings. The topological polar surface area (TPSA) is 52.8 Å². The highest BCUT2D eigenvalue weighted by molar-refractivity contribution is 7.78. The number of benzene rings is 3. The van der Waals surface area contributed by atoms with E-state index in [-0.39, 0.29) is 17.4 Å². The highest BCUT2D eigenvalue weighted by atomic mass is 32.1. The zero-order chi connectivity index (χ0) is 16.9. The molecule has 0 saturated carbocycles. The van der Waals surface area contributed by atoms with Gasteiger partial charge in [-0.15, -0.1) is 0 Å². The second-order valence-corrected chi connectivity index (χ2v) is 5.56. The molecule has 0 aliphatic rings. The highest BCUT2D eigenvalue weighted by Crippen LogP contribution is 2.38. The van der Waals surface area contributed by atoms with Crippen molar-refractivity contribution in [3.63, 3.8) is 0 Å². The van der Waals surface area contributed by atoms with Crippen molar-refractivity contribution in [2.75, 3.05) is 0 Å². The molecule has 0 amide bonds. The van der Waals surface area contributed by atoms with Crippen molar-refractivity contribution >= 4 is 23.1 Å². The number of phenolic OH excluding ortho intramolecular Hbond substituents is 2. The molecule has 24 heavy (non-hydrogen) atoms. The summed E-state index contributed by atoms with van der Waals surface area (Å²) in [6.07, 6.45) is 0. The Morgan fingerprint density at radius 2 is 1.25 bits per heavy atom. The summed E-state index contributed by atoms with van der Waals surface area (Å²) in [6, 6.07) is 21.9. The zero-order valence-corrected chi connectivity index (χ0v) is 13.6. The summed E-state index contributed by atoms with van der Waals surface area (Å²) < 4.78 is 0. The third-order valence-corrected chi connectivity index (χ3v) is 3.96. The molecule has 0 aliphatic carbocycles. The lowest BCUT2D eigenvalue weighted by Gasteiger charge is -2.20. The average Bonchev–Trinajstić information content (AvgIpc) is 2.60. The molecule has 0 aromatic heterocycles. The largest absolute Gasteiger partial charge is 0.508 e. The molecule has 0 saturated heterocycles. The predicted molar refractivity (Wildman–Crippen MR) is 98.3 cm³/mol. The first-order valence-corrected chi connectivity index (χ1v) is 7.84. The van der Waals surface area contributed by atoms with Crippen LogP contribution in [0.4, 0.5) is 5.69 Å². The average molecular weight is 333 g/mol. The van der Waals surface area contributed by atoms with Crippen molar-refractivity contribution in [2.45, 2.75) is 5.92 Å². The van der Waals surface area contributed by atoms with Crippen LogP contribution in [-0.4, -0.2) is 15.4 Å². The van der Waals surface area contributed by atoms with Gasteiger partial charge < -0.3 is 10.2 Å².